The van der Waals surface area contributed by atoms with Crippen molar-refractivity contribution in [1.29, 1.82) is 0 Å². The van der Waals surface area contributed by atoms with Gasteiger partial charge in [-0.1, -0.05) is 0 Å². The molecule has 3 heterocycles. The van der Waals surface area contributed by atoms with Crippen LogP contribution in [0.2, 0.25) is 0 Å². The minimum atomic E-state index is -4.53. The average Bonchev–Trinajstić information content (AvgIpc) is 2.97. The zero-order valence-electron chi connectivity index (χ0n) is 14.7. The third kappa shape index (κ3) is 4.44. The first kappa shape index (κ1) is 18.9. The van der Waals surface area contributed by atoms with Crippen LogP contribution in [0.4, 0.5) is 18.0 Å². The normalized spacial score (nSPS) is 21.8. The zero-order chi connectivity index (χ0) is 18.8. The van der Waals surface area contributed by atoms with E-state index in [1.165, 1.54) is 4.90 Å². The van der Waals surface area contributed by atoms with Gasteiger partial charge in [-0.3, -0.25) is 4.90 Å². The zero-order valence-corrected chi connectivity index (χ0v) is 14.7. The highest BCUT2D eigenvalue weighted by atomic mass is 19.4. The van der Waals surface area contributed by atoms with E-state index in [2.05, 4.69) is 19.8 Å². The topological polar surface area (TPSA) is 58.6 Å². The number of amides is 1. The van der Waals surface area contributed by atoms with Crippen LogP contribution in [0.1, 0.15) is 31.9 Å². The highest BCUT2D eigenvalue weighted by Gasteiger charge is 2.43. The SMILES string of the molecule is CC(OC(=O)N1CCC2(CCN(Cc3cccnn3)C2)CC1)C(F)(F)F. The molecule has 0 aromatic carbocycles. The standard InChI is InChI=1S/C17H23F3N4O2/c1-13(17(18,19)20)26-15(25)24-9-5-16(6-10-24)4-8-23(12-16)11-14-3-2-7-21-22-14/h2-3,7,13H,4-6,8-12H2,1H3. The fraction of sp³-hybridized carbons (Fsp3) is 0.706. The van der Waals surface area contributed by atoms with Crippen LogP contribution in [0.15, 0.2) is 18.3 Å². The number of aromatic nitrogens is 2. The third-order valence-corrected chi connectivity index (χ3v) is 5.35. The minimum Gasteiger partial charge on any atom is -0.437 e. The lowest BCUT2D eigenvalue weighted by atomic mass is 9.78. The van der Waals surface area contributed by atoms with Crippen molar-refractivity contribution in [2.24, 2.45) is 5.41 Å². The summed E-state index contributed by atoms with van der Waals surface area (Å²) in [5.41, 5.74) is 1.04. The van der Waals surface area contributed by atoms with Crippen LogP contribution in [0.5, 0.6) is 0 Å². The molecule has 3 rings (SSSR count). The second-order valence-corrected chi connectivity index (χ2v) is 7.23. The molecule has 6 nitrogen and oxygen atoms in total. The van der Waals surface area contributed by atoms with Gasteiger partial charge in [0.05, 0.1) is 5.69 Å². The first-order valence-electron chi connectivity index (χ1n) is 8.79. The molecule has 0 bridgehead atoms. The molecule has 1 aromatic rings. The monoisotopic (exact) mass is 372 g/mol. The Morgan fingerprint density at radius 2 is 2.00 bits per heavy atom. The van der Waals surface area contributed by atoms with Gasteiger partial charge >= 0.3 is 12.3 Å². The lowest BCUT2D eigenvalue weighted by Crippen LogP contribution is -2.46. The van der Waals surface area contributed by atoms with Gasteiger partial charge in [-0.15, -0.1) is 0 Å². The molecule has 2 aliphatic rings. The van der Waals surface area contributed by atoms with Crippen molar-refractivity contribution in [2.45, 2.75) is 45.0 Å². The van der Waals surface area contributed by atoms with E-state index < -0.39 is 18.4 Å². The van der Waals surface area contributed by atoms with Gasteiger partial charge < -0.3 is 9.64 Å². The van der Waals surface area contributed by atoms with E-state index in [0.717, 1.165) is 51.5 Å². The minimum absolute atomic E-state index is 0.120. The third-order valence-electron chi connectivity index (χ3n) is 5.35. The first-order chi connectivity index (χ1) is 12.3. The fourth-order valence-electron chi connectivity index (χ4n) is 3.67. The summed E-state index contributed by atoms with van der Waals surface area (Å²) in [6.07, 6.45) is -3.27. The molecular formula is C17H23F3N4O2. The van der Waals surface area contributed by atoms with Crippen molar-refractivity contribution in [3.8, 4) is 0 Å². The first-order valence-corrected chi connectivity index (χ1v) is 8.79. The van der Waals surface area contributed by atoms with E-state index in [1.807, 2.05) is 12.1 Å². The molecule has 0 N–H and O–H groups in total. The number of likely N-dealkylation sites (tertiary alicyclic amines) is 2. The molecule has 144 valence electrons. The largest absolute Gasteiger partial charge is 0.437 e. The maximum atomic E-state index is 12.5. The summed E-state index contributed by atoms with van der Waals surface area (Å²) in [6, 6.07) is 3.80. The number of hydrogen-bond acceptors (Lipinski definition) is 5. The Morgan fingerprint density at radius 3 is 2.62 bits per heavy atom. The molecule has 1 spiro atoms. The smallest absolute Gasteiger partial charge is 0.425 e. The lowest BCUT2D eigenvalue weighted by Gasteiger charge is -2.39. The van der Waals surface area contributed by atoms with Crippen LogP contribution in [-0.4, -0.2) is 64.5 Å². The highest BCUT2D eigenvalue weighted by Crippen LogP contribution is 2.41. The number of nitrogens with zero attached hydrogens (tertiary/aromatic N) is 4. The molecule has 26 heavy (non-hydrogen) atoms. The Bertz CT molecular complexity index is 618. The van der Waals surface area contributed by atoms with Crippen LogP contribution < -0.4 is 0 Å². The molecule has 1 atom stereocenters. The second-order valence-electron chi connectivity index (χ2n) is 7.23. The summed E-state index contributed by atoms with van der Waals surface area (Å²) in [6.45, 7) is 4.32. The number of ether oxygens (including phenoxy) is 1. The van der Waals surface area contributed by atoms with Crippen molar-refractivity contribution >= 4 is 6.09 Å². The molecule has 2 fully saturated rings. The summed E-state index contributed by atoms with van der Waals surface area (Å²) in [5, 5.41) is 7.99. The maximum absolute atomic E-state index is 12.5. The number of carbonyl (C=O) groups excluding carboxylic acids is 1. The van der Waals surface area contributed by atoms with E-state index in [1.54, 1.807) is 6.20 Å². The van der Waals surface area contributed by atoms with Gasteiger partial charge in [0, 0.05) is 32.4 Å². The Morgan fingerprint density at radius 1 is 1.31 bits per heavy atom. The summed E-state index contributed by atoms with van der Waals surface area (Å²) in [7, 11) is 0. The summed E-state index contributed by atoms with van der Waals surface area (Å²) in [4.78, 5) is 15.7. The number of carbonyl (C=O) groups is 1. The molecule has 9 heteroatoms. The lowest BCUT2D eigenvalue weighted by molar-refractivity contribution is -0.200. The van der Waals surface area contributed by atoms with Crippen molar-refractivity contribution in [3.63, 3.8) is 0 Å². The van der Waals surface area contributed by atoms with Crippen LogP contribution in [0.3, 0.4) is 0 Å². The van der Waals surface area contributed by atoms with Gasteiger partial charge in [0.25, 0.3) is 0 Å². The summed E-state index contributed by atoms with van der Waals surface area (Å²) in [5.74, 6) is 0. The number of hydrogen-bond donors (Lipinski definition) is 0. The van der Waals surface area contributed by atoms with Gasteiger partial charge in [-0.05, 0) is 50.3 Å². The molecule has 0 aliphatic carbocycles. The van der Waals surface area contributed by atoms with Crippen molar-refractivity contribution in [1.82, 2.24) is 20.0 Å². The number of halogens is 3. The van der Waals surface area contributed by atoms with E-state index in [-0.39, 0.29) is 5.41 Å². The predicted molar refractivity (Wildman–Crippen MR) is 87.2 cm³/mol. The van der Waals surface area contributed by atoms with Crippen molar-refractivity contribution in [2.75, 3.05) is 26.2 Å². The molecule has 2 aliphatic heterocycles. The van der Waals surface area contributed by atoms with Crippen LogP contribution in [0.25, 0.3) is 0 Å². The van der Waals surface area contributed by atoms with Gasteiger partial charge in [0.2, 0.25) is 0 Å². The Kier molecular flexibility index (Phi) is 5.36. The molecule has 2 saturated heterocycles. The quantitative estimate of drug-likeness (QED) is 0.817. The molecule has 1 unspecified atom stereocenters. The Hall–Kier alpha value is -1.90. The van der Waals surface area contributed by atoms with Gasteiger partial charge in [0.15, 0.2) is 6.10 Å². The molecule has 1 aromatic heterocycles. The molecule has 0 radical (unpaired) electrons. The molecule has 0 saturated carbocycles. The Balaban J connectivity index is 1.48. The van der Waals surface area contributed by atoms with E-state index in [0.29, 0.717) is 13.1 Å². The Labute approximate surface area is 150 Å². The van der Waals surface area contributed by atoms with Crippen molar-refractivity contribution in [3.05, 3.63) is 24.0 Å². The van der Waals surface area contributed by atoms with Crippen LogP contribution >= 0.6 is 0 Å². The van der Waals surface area contributed by atoms with Gasteiger partial charge in [0.1, 0.15) is 0 Å². The summed E-state index contributed by atoms with van der Waals surface area (Å²) < 4.78 is 42.1. The van der Waals surface area contributed by atoms with E-state index in [9.17, 15) is 18.0 Å². The average molecular weight is 372 g/mol. The number of alkyl halides is 3. The van der Waals surface area contributed by atoms with Crippen LogP contribution in [-0.2, 0) is 11.3 Å². The highest BCUT2D eigenvalue weighted by molar-refractivity contribution is 5.68. The molecule has 1 amide bonds. The van der Waals surface area contributed by atoms with Gasteiger partial charge in [-0.25, -0.2) is 4.79 Å². The number of rotatable bonds is 3. The van der Waals surface area contributed by atoms with Crippen LogP contribution in [0, 0.1) is 5.41 Å². The summed E-state index contributed by atoms with van der Waals surface area (Å²) >= 11 is 0. The van der Waals surface area contributed by atoms with Crippen molar-refractivity contribution < 1.29 is 22.7 Å². The van der Waals surface area contributed by atoms with Gasteiger partial charge in [-0.2, -0.15) is 23.4 Å². The maximum Gasteiger partial charge on any atom is 0.425 e. The second kappa shape index (κ2) is 7.38. The molecular weight excluding hydrogens is 349 g/mol. The van der Waals surface area contributed by atoms with E-state index >= 15 is 0 Å². The number of piperidine rings is 1. The van der Waals surface area contributed by atoms with E-state index in [4.69, 9.17) is 0 Å². The predicted octanol–water partition coefficient (Wildman–Crippen LogP) is 2.85. The fourth-order valence-corrected chi connectivity index (χ4v) is 3.67.